The second kappa shape index (κ2) is 6.23. The predicted octanol–water partition coefficient (Wildman–Crippen LogP) is 3.90. The third-order valence-corrected chi connectivity index (χ3v) is 5.45. The van der Waals surface area contributed by atoms with E-state index in [1.807, 2.05) is 39.2 Å². The molecule has 1 unspecified atom stereocenters. The molecular formula is C20H20ClN5O. The zero-order chi connectivity index (χ0) is 19.3. The molecule has 27 heavy (non-hydrogen) atoms. The van der Waals surface area contributed by atoms with E-state index < -0.39 is 5.41 Å². The third kappa shape index (κ3) is 2.94. The van der Waals surface area contributed by atoms with Gasteiger partial charge in [-0.3, -0.25) is 9.69 Å². The van der Waals surface area contributed by atoms with Crippen molar-refractivity contribution in [3.63, 3.8) is 0 Å². The highest BCUT2D eigenvalue weighted by Crippen LogP contribution is 2.50. The van der Waals surface area contributed by atoms with E-state index in [0.29, 0.717) is 16.8 Å². The van der Waals surface area contributed by atoms with Crippen LogP contribution < -0.4 is 4.90 Å². The molecule has 3 heterocycles. The van der Waals surface area contributed by atoms with Crippen LogP contribution in [0.4, 0.5) is 5.82 Å². The maximum absolute atomic E-state index is 13.2. The Morgan fingerprint density at radius 2 is 1.85 bits per heavy atom. The normalized spacial score (nSPS) is 21.0. The number of aromatic nitrogens is 4. The topological polar surface area (TPSA) is 71.9 Å². The molecule has 2 aromatic heterocycles. The fourth-order valence-corrected chi connectivity index (χ4v) is 3.95. The molecule has 0 spiro atoms. The molecule has 0 N–H and O–H groups in total. The molecule has 0 aromatic carbocycles. The highest BCUT2D eigenvalue weighted by atomic mass is 35.5. The van der Waals surface area contributed by atoms with Gasteiger partial charge in [-0.1, -0.05) is 31.5 Å². The van der Waals surface area contributed by atoms with Crippen LogP contribution in [0.1, 0.15) is 37.5 Å². The van der Waals surface area contributed by atoms with E-state index in [1.165, 1.54) is 0 Å². The molecule has 0 bridgehead atoms. The molecule has 6 nitrogen and oxygen atoms in total. The summed E-state index contributed by atoms with van der Waals surface area (Å²) >= 11 is 6.13. The lowest BCUT2D eigenvalue weighted by Gasteiger charge is -2.25. The number of hydrogen-bond donors (Lipinski definition) is 0. The van der Waals surface area contributed by atoms with Crippen LogP contribution in [0.5, 0.6) is 0 Å². The fourth-order valence-electron chi connectivity index (χ4n) is 3.73. The van der Waals surface area contributed by atoms with Gasteiger partial charge in [0.15, 0.2) is 0 Å². The number of amides is 1. The Balaban J connectivity index is 1.82. The Kier molecular flexibility index (Phi) is 4.11. The van der Waals surface area contributed by atoms with Crippen molar-refractivity contribution < 1.29 is 4.79 Å². The molecule has 4 rings (SSSR count). The first-order valence-electron chi connectivity index (χ1n) is 8.84. The van der Waals surface area contributed by atoms with Crippen LogP contribution in [0, 0.1) is 25.2 Å². The van der Waals surface area contributed by atoms with E-state index in [4.69, 9.17) is 11.6 Å². The molecule has 1 fully saturated rings. The van der Waals surface area contributed by atoms with Crippen molar-refractivity contribution in [2.45, 2.75) is 34.1 Å². The first kappa shape index (κ1) is 17.8. The van der Waals surface area contributed by atoms with Crippen LogP contribution in [-0.2, 0) is 4.79 Å². The monoisotopic (exact) mass is 381 g/mol. The van der Waals surface area contributed by atoms with E-state index in [1.54, 1.807) is 17.9 Å². The van der Waals surface area contributed by atoms with Gasteiger partial charge in [-0.25, -0.2) is 19.9 Å². The molecule has 1 aliphatic carbocycles. The Hall–Kier alpha value is -2.60. The summed E-state index contributed by atoms with van der Waals surface area (Å²) in [5, 5.41) is 0.325. The van der Waals surface area contributed by atoms with Crippen LogP contribution in [0.25, 0.3) is 5.57 Å². The summed E-state index contributed by atoms with van der Waals surface area (Å²) in [7, 11) is 0. The lowest BCUT2D eigenvalue weighted by molar-refractivity contribution is -0.125. The van der Waals surface area contributed by atoms with Crippen LogP contribution in [0.2, 0.25) is 5.15 Å². The Labute approximate surface area is 163 Å². The zero-order valence-electron chi connectivity index (χ0n) is 15.7. The summed E-state index contributed by atoms with van der Waals surface area (Å²) in [5.74, 6) is 1.87. The van der Waals surface area contributed by atoms with Gasteiger partial charge in [0.05, 0.1) is 5.41 Å². The van der Waals surface area contributed by atoms with Crippen molar-refractivity contribution in [1.82, 2.24) is 19.9 Å². The molecule has 1 aliphatic heterocycles. The minimum absolute atomic E-state index is 0.0164. The summed E-state index contributed by atoms with van der Waals surface area (Å²) < 4.78 is 0. The quantitative estimate of drug-likeness (QED) is 0.738. The van der Waals surface area contributed by atoms with E-state index in [9.17, 15) is 4.79 Å². The smallest absolute Gasteiger partial charge is 0.238 e. The molecule has 1 saturated heterocycles. The molecule has 0 radical (unpaired) electrons. The standard InChI is InChI=1S/C20H20ClN5O/c1-11-22-9-14(10-23-11)13-5-6-15-16(7-13)26(19(27)20(15,3)4)18-8-17(21)24-12(2)25-18/h5,7-10,15H,6H2,1-4H3. The average molecular weight is 382 g/mol. The number of hydrogen-bond acceptors (Lipinski definition) is 5. The number of anilines is 1. The lowest BCUT2D eigenvalue weighted by Crippen LogP contribution is -2.32. The first-order valence-corrected chi connectivity index (χ1v) is 9.21. The largest absolute Gasteiger partial charge is 0.273 e. The van der Waals surface area contributed by atoms with E-state index in [0.717, 1.165) is 29.1 Å². The number of carbonyl (C=O) groups is 1. The van der Waals surface area contributed by atoms with E-state index >= 15 is 0 Å². The highest BCUT2D eigenvalue weighted by Gasteiger charge is 2.51. The van der Waals surface area contributed by atoms with Crippen molar-refractivity contribution >= 4 is 28.9 Å². The molecule has 2 aromatic rings. The summed E-state index contributed by atoms with van der Waals surface area (Å²) in [6.07, 6.45) is 8.58. The number of rotatable bonds is 2. The molecular weight excluding hydrogens is 362 g/mol. The molecule has 1 amide bonds. The summed E-state index contributed by atoms with van der Waals surface area (Å²) in [5.41, 5.74) is 2.34. The number of fused-ring (bicyclic) bond motifs is 1. The van der Waals surface area contributed by atoms with Gasteiger partial charge in [0.2, 0.25) is 5.91 Å². The number of allylic oxidation sites excluding steroid dienone is 4. The van der Waals surface area contributed by atoms with Crippen LogP contribution in [0.15, 0.2) is 36.3 Å². The third-order valence-electron chi connectivity index (χ3n) is 5.25. The van der Waals surface area contributed by atoms with Gasteiger partial charge >= 0.3 is 0 Å². The lowest BCUT2D eigenvalue weighted by atomic mass is 9.75. The van der Waals surface area contributed by atoms with Crippen LogP contribution >= 0.6 is 11.6 Å². The number of aryl methyl sites for hydroxylation is 2. The molecule has 0 saturated carbocycles. The van der Waals surface area contributed by atoms with Crippen molar-refractivity contribution in [2.75, 3.05) is 4.90 Å². The number of halogens is 1. The van der Waals surface area contributed by atoms with Crippen molar-refractivity contribution in [3.05, 3.63) is 58.7 Å². The van der Waals surface area contributed by atoms with Crippen molar-refractivity contribution in [2.24, 2.45) is 11.3 Å². The zero-order valence-corrected chi connectivity index (χ0v) is 16.4. The summed E-state index contributed by atoms with van der Waals surface area (Å²) in [4.78, 5) is 32.1. The highest BCUT2D eigenvalue weighted by molar-refractivity contribution is 6.29. The van der Waals surface area contributed by atoms with E-state index in [-0.39, 0.29) is 11.8 Å². The van der Waals surface area contributed by atoms with Gasteiger partial charge in [-0.2, -0.15) is 0 Å². The van der Waals surface area contributed by atoms with Crippen molar-refractivity contribution in [3.8, 4) is 0 Å². The average Bonchev–Trinajstić information content (AvgIpc) is 2.81. The Morgan fingerprint density at radius 3 is 2.52 bits per heavy atom. The van der Waals surface area contributed by atoms with E-state index in [2.05, 4.69) is 26.0 Å². The van der Waals surface area contributed by atoms with Gasteiger partial charge in [0.25, 0.3) is 0 Å². The fraction of sp³-hybridized carbons (Fsp3) is 0.350. The summed E-state index contributed by atoms with van der Waals surface area (Å²) in [6.45, 7) is 7.59. The Morgan fingerprint density at radius 1 is 1.15 bits per heavy atom. The van der Waals surface area contributed by atoms with Crippen molar-refractivity contribution in [1.29, 1.82) is 0 Å². The summed E-state index contributed by atoms with van der Waals surface area (Å²) in [6, 6.07) is 1.64. The molecule has 138 valence electrons. The second-order valence-electron chi connectivity index (χ2n) is 7.49. The number of carbonyl (C=O) groups excluding carboxylic acids is 1. The maximum atomic E-state index is 13.2. The van der Waals surface area contributed by atoms with Gasteiger partial charge in [-0.15, -0.1) is 0 Å². The minimum atomic E-state index is -0.525. The molecule has 7 heteroatoms. The molecule has 1 atom stereocenters. The predicted molar refractivity (Wildman–Crippen MR) is 104 cm³/mol. The maximum Gasteiger partial charge on any atom is 0.238 e. The second-order valence-corrected chi connectivity index (χ2v) is 7.88. The SMILES string of the molecule is Cc1ncc(C2=CCC3C(=C2)N(c2cc(Cl)nc(C)n2)C(=O)C3(C)C)cn1. The van der Waals surface area contributed by atoms with Gasteiger partial charge in [0, 0.05) is 35.6 Å². The number of nitrogens with zero attached hydrogens (tertiary/aromatic N) is 5. The Bertz CT molecular complexity index is 974. The molecule has 2 aliphatic rings. The minimum Gasteiger partial charge on any atom is -0.273 e. The van der Waals surface area contributed by atoms with Crippen LogP contribution in [0.3, 0.4) is 0 Å². The van der Waals surface area contributed by atoms with Gasteiger partial charge in [-0.05, 0) is 31.9 Å². The van der Waals surface area contributed by atoms with Crippen LogP contribution in [-0.4, -0.2) is 25.8 Å². The first-order chi connectivity index (χ1) is 12.8. The van der Waals surface area contributed by atoms with Gasteiger partial charge in [0.1, 0.15) is 22.6 Å². The van der Waals surface area contributed by atoms with Gasteiger partial charge < -0.3 is 0 Å².